The van der Waals surface area contributed by atoms with Crippen LogP contribution in [0.5, 0.6) is 5.75 Å². The summed E-state index contributed by atoms with van der Waals surface area (Å²) in [5.74, 6) is -0.484. The van der Waals surface area contributed by atoms with E-state index in [1.807, 2.05) is 0 Å². The van der Waals surface area contributed by atoms with Crippen molar-refractivity contribution in [1.29, 1.82) is 0 Å². The molecule has 5 heteroatoms. The lowest BCUT2D eigenvalue weighted by molar-refractivity contribution is -0.0507. The summed E-state index contributed by atoms with van der Waals surface area (Å²) in [5.41, 5.74) is 0.373. The summed E-state index contributed by atoms with van der Waals surface area (Å²) in [6, 6.07) is 3.21. The summed E-state index contributed by atoms with van der Waals surface area (Å²) < 4.78 is 41.3. The summed E-state index contributed by atoms with van der Waals surface area (Å²) in [7, 11) is 1.65. The van der Waals surface area contributed by atoms with Gasteiger partial charge in [-0.05, 0) is 32.2 Å². The second-order valence-electron chi connectivity index (χ2n) is 3.07. The molecule has 0 amide bonds. The Morgan fingerprint density at radius 3 is 2.53 bits per heavy atom. The first-order valence-corrected chi connectivity index (χ1v) is 4.46. The average molecular weight is 219 g/mol. The van der Waals surface area contributed by atoms with Crippen LogP contribution in [0.3, 0.4) is 0 Å². The number of nitrogens with one attached hydrogen (secondary N) is 1. The van der Waals surface area contributed by atoms with E-state index in [1.165, 1.54) is 12.1 Å². The molecule has 0 bridgehead atoms. The van der Waals surface area contributed by atoms with E-state index in [2.05, 4.69) is 10.1 Å². The van der Waals surface area contributed by atoms with Crippen LogP contribution in [0.4, 0.5) is 13.2 Å². The van der Waals surface area contributed by atoms with Crippen LogP contribution >= 0.6 is 0 Å². The molecule has 1 aromatic carbocycles. The minimum absolute atomic E-state index is 0.00625. The molecular formula is C10H12F3NO. The molecule has 1 atom stereocenters. The fourth-order valence-electron chi connectivity index (χ4n) is 1.22. The zero-order valence-corrected chi connectivity index (χ0v) is 8.43. The van der Waals surface area contributed by atoms with Crippen molar-refractivity contribution in [1.82, 2.24) is 5.32 Å². The van der Waals surface area contributed by atoms with Gasteiger partial charge in [-0.15, -0.1) is 0 Å². The van der Waals surface area contributed by atoms with Crippen LogP contribution in [0.25, 0.3) is 0 Å². The van der Waals surface area contributed by atoms with Gasteiger partial charge in [-0.3, -0.25) is 0 Å². The van der Waals surface area contributed by atoms with Gasteiger partial charge < -0.3 is 10.1 Å². The zero-order valence-electron chi connectivity index (χ0n) is 8.43. The van der Waals surface area contributed by atoms with Gasteiger partial charge in [0.05, 0.1) is 0 Å². The predicted octanol–water partition coefficient (Wildman–Crippen LogP) is 2.71. The molecule has 1 N–H and O–H groups in total. The van der Waals surface area contributed by atoms with Gasteiger partial charge in [0.1, 0.15) is 11.6 Å². The lowest BCUT2D eigenvalue weighted by atomic mass is 10.1. The molecule has 0 aromatic heterocycles. The third kappa shape index (κ3) is 3.13. The van der Waals surface area contributed by atoms with E-state index in [0.29, 0.717) is 5.56 Å². The molecule has 0 spiro atoms. The number of hydrogen-bond acceptors (Lipinski definition) is 2. The molecule has 1 unspecified atom stereocenters. The van der Waals surface area contributed by atoms with Gasteiger partial charge in [0.25, 0.3) is 0 Å². The van der Waals surface area contributed by atoms with Crippen LogP contribution in [0.1, 0.15) is 18.5 Å². The molecule has 1 aromatic rings. The summed E-state index contributed by atoms with van der Waals surface area (Å²) in [6.07, 6.45) is 0. The lowest BCUT2D eigenvalue weighted by Gasteiger charge is -2.15. The van der Waals surface area contributed by atoms with Crippen molar-refractivity contribution < 1.29 is 17.9 Å². The minimum atomic E-state index is -2.90. The van der Waals surface area contributed by atoms with Gasteiger partial charge in [-0.1, -0.05) is 0 Å². The number of benzene rings is 1. The largest absolute Gasteiger partial charge is 0.434 e. The quantitative estimate of drug-likeness (QED) is 0.840. The van der Waals surface area contributed by atoms with Crippen LogP contribution < -0.4 is 10.1 Å². The van der Waals surface area contributed by atoms with E-state index in [4.69, 9.17) is 0 Å². The molecule has 0 heterocycles. The molecule has 0 radical (unpaired) electrons. The first-order chi connectivity index (χ1) is 7.04. The minimum Gasteiger partial charge on any atom is -0.434 e. The highest BCUT2D eigenvalue weighted by Crippen LogP contribution is 2.27. The Hall–Kier alpha value is -1.23. The van der Waals surface area contributed by atoms with E-state index in [0.717, 1.165) is 6.07 Å². The molecule has 0 fully saturated rings. The Morgan fingerprint density at radius 2 is 2.00 bits per heavy atom. The Kier molecular flexibility index (Phi) is 3.96. The number of alkyl halides is 2. The number of halogens is 3. The summed E-state index contributed by atoms with van der Waals surface area (Å²) in [4.78, 5) is 0. The normalized spacial score (nSPS) is 12.9. The molecule has 0 aliphatic heterocycles. The van der Waals surface area contributed by atoms with E-state index in [-0.39, 0.29) is 11.8 Å². The Bertz CT molecular complexity index is 330. The van der Waals surface area contributed by atoms with Crippen molar-refractivity contribution in [3.63, 3.8) is 0 Å². The molecule has 84 valence electrons. The van der Waals surface area contributed by atoms with Crippen LogP contribution in [0.2, 0.25) is 0 Å². The van der Waals surface area contributed by atoms with Crippen molar-refractivity contribution in [3.8, 4) is 5.75 Å². The van der Waals surface area contributed by atoms with Gasteiger partial charge >= 0.3 is 6.61 Å². The second-order valence-corrected chi connectivity index (χ2v) is 3.07. The Labute approximate surface area is 86.1 Å². The summed E-state index contributed by atoms with van der Waals surface area (Å²) in [6.45, 7) is -1.18. The first kappa shape index (κ1) is 11.8. The highest BCUT2D eigenvalue weighted by atomic mass is 19.3. The van der Waals surface area contributed by atoms with E-state index >= 15 is 0 Å². The third-order valence-electron chi connectivity index (χ3n) is 2.09. The molecule has 1 rings (SSSR count). The summed E-state index contributed by atoms with van der Waals surface area (Å²) in [5, 5.41) is 2.83. The van der Waals surface area contributed by atoms with Gasteiger partial charge in [0, 0.05) is 11.6 Å². The topological polar surface area (TPSA) is 21.3 Å². The number of hydrogen-bond donors (Lipinski definition) is 1. The smallest absolute Gasteiger partial charge is 0.387 e. The SMILES string of the molecule is CNC(C)c1cc(F)ccc1OC(F)F. The second kappa shape index (κ2) is 5.02. The molecule has 0 saturated heterocycles. The number of rotatable bonds is 4. The van der Waals surface area contributed by atoms with E-state index < -0.39 is 12.4 Å². The number of ether oxygens (including phenoxy) is 1. The standard InChI is InChI=1S/C10H12F3NO/c1-6(14-2)8-5-7(11)3-4-9(8)15-10(12)13/h3-6,10,14H,1-2H3. The van der Waals surface area contributed by atoms with E-state index in [9.17, 15) is 13.2 Å². The Morgan fingerprint density at radius 1 is 1.33 bits per heavy atom. The van der Waals surface area contributed by atoms with Crippen molar-refractivity contribution >= 4 is 0 Å². The first-order valence-electron chi connectivity index (χ1n) is 4.46. The molecule has 0 aliphatic rings. The average Bonchev–Trinajstić information content (AvgIpc) is 2.19. The lowest BCUT2D eigenvalue weighted by Crippen LogP contribution is -2.15. The predicted molar refractivity (Wildman–Crippen MR) is 50.5 cm³/mol. The molecule has 2 nitrogen and oxygen atoms in total. The van der Waals surface area contributed by atoms with Crippen molar-refractivity contribution in [2.75, 3.05) is 7.05 Å². The summed E-state index contributed by atoms with van der Waals surface area (Å²) >= 11 is 0. The van der Waals surface area contributed by atoms with Crippen LogP contribution in [0, 0.1) is 5.82 Å². The van der Waals surface area contributed by atoms with Crippen molar-refractivity contribution in [3.05, 3.63) is 29.6 Å². The maximum Gasteiger partial charge on any atom is 0.387 e. The maximum absolute atomic E-state index is 12.9. The molecular weight excluding hydrogens is 207 g/mol. The molecule has 0 aliphatic carbocycles. The fourth-order valence-corrected chi connectivity index (χ4v) is 1.22. The van der Waals surface area contributed by atoms with Gasteiger partial charge in [-0.25, -0.2) is 4.39 Å². The fraction of sp³-hybridized carbons (Fsp3) is 0.400. The van der Waals surface area contributed by atoms with Crippen molar-refractivity contribution in [2.45, 2.75) is 19.6 Å². The molecule has 0 saturated carbocycles. The van der Waals surface area contributed by atoms with Gasteiger partial charge in [0.2, 0.25) is 0 Å². The van der Waals surface area contributed by atoms with Crippen LogP contribution in [0.15, 0.2) is 18.2 Å². The molecule has 15 heavy (non-hydrogen) atoms. The maximum atomic E-state index is 12.9. The zero-order chi connectivity index (χ0) is 11.4. The van der Waals surface area contributed by atoms with Gasteiger partial charge in [-0.2, -0.15) is 8.78 Å². The van der Waals surface area contributed by atoms with Crippen molar-refractivity contribution in [2.24, 2.45) is 0 Å². The van der Waals surface area contributed by atoms with Gasteiger partial charge in [0.15, 0.2) is 0 Å². The third-order valence-corrected chi connectivity index (χ3v) is 2.09. The van der Waals surface area contributed by atoms with Crippen LogP contribution in [-0.4, -0.2) is 13.7 Å². The highest BCUT2D eigenvalue weighted by Gasteiger charge is 2.14. The highest BCUT2D eigenvalue weighted by molar-refractivity contribution is 5.36. The van der Waals surface area contributed by atoms with E-state index in [1.54, 1.807) is 14.0 Å². The monoisotopic (exact) mass is 219 g/mol. The Balaban J connectivity index is 3.02. The van der Waals surface area contributed by atoms with Crippen LogP contribution in [-0.2, 0) is 0 Å².